The summed E-state index contributed by atoms with van der Waals surface area (Å²) in [6.07, 6.45) is -28.0. The van der Waals surface area contributed by atoms with Crippen molar-refractivity contribution in [1.29, 1.82) is 0 Å². The first-order valence-corrected chi connectivity index (χ1v) is 11.6. The van der Waals surface area contributed by atoms with Crippen LogP contribution >= 0.6 is 0 Å². The van der Waals surface area contributed by atoms with Gasteiger partial charge in [0.1, 0.15) is 6.54 Å². The fourth-order valence-corrected chi connectivity index (χ4v) is 4.18. The number of quaternary nitrogens is 1. The molecule has 0 heterocycles. The zero-order valence-electron chi connectivity index (χ0n) is 18.8. The van der Waals surface area contributed by atoms with Crippen LogP contribution < -0.4 is 9.83 Å². The summed E-state index contributed by atoms with van der Waals surface area (Å²) in [5, 5.41) is 10.6. The molecule has 36 heavy (non-hydrogen) atoms. The molecule has 0 saturated carbocycles. The zero-order chi connectivity index (χ0) is 29.0. The van der Waals surface area contributed by atoms with Crippen molar-refractivity contribution in [2.24, 2.45) is 5.92 Å². The van der Waals surface area contributed by atoms with E-state index in [-0.39, 0.29) is 17.4 Å². The van der Waals surface area contributed by atoms with Gasteiger partial charge >= 0.3 is 18.5 Å². The van der Waals surface area contributed by atoms with Crippen LogP contribution in [-0.2, 0) is 14.8 Å². The van der Waals surface area contributed by atoms with Gasteiger partial charge in [0.05, 0.1) is 38.3 Å². The fraction of sp³-hybridized carbons (Fsp3) is 0.941. The lowest BCUT2D eigenvalue weighted by Crippen LogP contribution is -2.55. The highest BCUT2D eigenvalue weighted by Crippen LogP contribution is 2.53. The van der Waals surface area contributed by atoms with E-state index in [1.165, 1.54) is 14.1 Å². The zero-order valence-corrected chi connectivity index (χ0v) is 19.6. The standard InChI is InChI=1S/C17H24F12N2O4S/c1-31(2,10-12(32)33)6-3-5-30-36(34,35)7-4-13(18,19)8-11(15(21,22)23)9-14(20,16(24,25)26)17(27,28)29/h11,30H,3-10H2,1-2H3. The summed E-state index contributed by atoms with van der Waals surface area (Å²) in [5.74, 6) is -11.8. The lowest BCUT2D eigenvalue weighted by atomic mass is 9.86. The van der Waals surface area contributed by atoms with E-state index in [4.69, 9.17) is 0 Å². The van der Waals surface area contributed by atoms with Gasteiger partial charge in [0.25, 0.3) is 5.67 Å². The van der Waals surface area contributed by atoms with Crippen LogP contribution in [0.25, 0.3) is 0 Å². The Hall–Kier alpha value is -1.50. The Balaban J connectivity index is 5.28. The third-order valence-corrected chi connectivity index (χ3v) is 6.38. The smallest absolute Gasteiger partial charge is 0.431 e. The molecule has 19 heteroatoms. The highest BCUT2D eigenvalue weighted by Gasteiger charge is 2.74. The number of halogens is 12. The minimum absolute atomic E-state index is 0.0144. The summed E-state index contributed by atoms with van der Waals surface area (Å²) in [6.45, 7) is -0.777. The van der Waals surface area contributed by atoms with Crippen LogP contribution in [0.1, 0.15) is 25.7 Å². The molecule has 0 saturated heterocycles. The second kappa shape index (κ2) is 11.5. The monoisotopic (exact) mass is 580 g/mol. The van der Waals surface area contributed by atoms with Crippen LogP contribution in [0.4, 0.5) is 52.7 Å². The molecule has 0 fully saturated rings. The van der Waals surface area contributed by atoms with Crippen LogP contribution in [0.15, 0.2) is 0 Å². The largest absolute Gasteiger partial charge is 0.544 e. The van der Waals surface area contributed by atoms with Gasteiger partial charge in [-0.2, -0.15) is 39.5 Å². The molecule has 0 spiro atoms. The lowest BCUT2D eigenvalue weighted by molar-refractivity contribution is -0.884. The minimum atomic E-state index is -6.90. The highest BCUT2D eigenvalue weighted by atomic mass is 32.2. The van der Waals surface area contributed by atoms with Gasteiger partial charge < -0.3 is 14.4 Å². The topological polar surface area (TPSA) is 86.3 Å². The van der Waals surface area contributed by atoms with Crippen molar-refractivity contribution in [3.8, 4) is 0 Å². The highest BCUT2D eigenvalue weighted by molar-refractivity contribution is 7.89. The summed E-state index contributed by atoms with van der Waals surface area (Å²) in [5.41, 5.74) is -6.44. The first kappa shape index (κ1) is 34.5. The number of alkyl halides is 12. The molecule has 0 aliphatic carbocycles. The Morgan fingerprint density at radius 2 is 1.36 bits per heavy atom. The van der Waals surface area contributed by atoms with E-state index in [1.54, 1.807) is 4.72 Å². The van der Waals surface area contributed by atoms with Gasteiger partial charge in [0, 0.05) is 32.2 Å². The number of carbonyl (C=O) groups is 1. The van der Waals surface area contributed by atoms with E-state index < -0.39 is 90.1 Å². The van der Waals surface area contributed by atoms with Gasteiger partial charge in [-0.05, 0) is 0 Å². The van der Waals surface area contributed by atoms with E-state index in [9.17, 15) is 71.0 Å². The van der Waals surface area contributed by atoms with Gasteiger partial charge in [0.2, 0.25) is 15.9 Å². The van der Waals surface area contributed by atoms with Gasteiger partial charge in [-0.3, -0.25) is 0 Å². The second-order valence-corrected chi connectivity index (χ2v) is 10.7. The average molecular weight is 580 g/mol. The third kappa shape index (κ3) is 11.3. The van der Waals surface area contributed by atoms with E-state index in [0.29, 0.717) is 0 Å². The number of hydrogen-bond acceptors (Lipinski definition) is 4. The molecule has 1 atom stereocenters. The maximum Gasteiger partial charge on any atom is 0.431 e. The Labute approximate surface area is 198 Å². The van der Waals surface area contributed by atoms with Crippen LogP contribution in [-0.4, -0.2) is 88.5 Å². The van der Waals surface area contributed by atoms with Crippen molar-refractivity contribution in [2.75, 3.05) is 39.5 Å². The van der Waals surface area contributed by atoms with E-state index in [2.05, 4.69) is 0 Å². The van der Waals surface area contributed by atoms with E-state index >= 15 is 0 Å². The molecule has 0 rings (SSSR count). The van der Waals surface area contributed by atoms with Crippen molar-refractivity contribution in [3.63, 3.8) is 0 Å². The summed E-state index contributed by atoms with van der Waals surface area (Å²) >= 11 is 0. The summed E-state index contributed by atoms with van der Waals surface area (Å²) in [7, 11) is -1.69. The molecule has 0 aromatic rings. The number of sulfonamides is 1. The fourth-order valence-electron chi connectivity index (χ4n) is 3.02. The van der Waals surface area contributed by atoms with Crippen LogP contribution in [0.2, 0.25) is 0 Å². The third-order valence-electron chi connectivity index (χ3n) is 4.99. The molecule has 216 valence electrons. The second-order valence-electron chi connectivity index (χ2n) is 8.81. The number of rotatable bonds is 14. The molecule has 0 radical (unpaired) electrons. The van der Waals surface area contributed by atoms with Crippen LogP contribution in [0.3, 0.4) is 0 Å². The van der Waals surface area contributed by atoms with Crippen molar-refractivity contribution >= 4 is 16.0 Å². The Morgan fingerprint density at radius 3 is 1.75 bits per heavy atom. The number of nitrogens with one attached hydrogen (secondary N) is 1. The van der Waals surface area contributed by atoms with Gasteiger partial charge in [-0.15, -0.1) is 0 Å². The predicted octanol–water partition coefficient (Wildman–Crippen LogP) is 2.94. The van der Waals surface area contributed by atoms with E-state index in [1.807, 2.05) is 0 Å². The van der Waals surface area contributed by atoms with Gasteiger partial charge in [0.15, 0.2) is 0 Å². The lowest BCUT2D eigenvalue weighted by Gasteiger charge is -2.34. The normalized spacial score (nSPS) is 15.7. The molecule has 0 aromatic carbocycles. The molecule has 1 N–H and O–H groups in total. The number of likely N-dealkylation sites (N-methyl/N-ethyl adjacent to an activating group) is 1. The molecule has 1 unspecified atom stereocenters. The summed E-state index contributed by atoms with van der Waals surface area (Å²) in [6, 6.07) is 0. The molecular formula is C17H24F12N2O4S. The van der Waals surface area contributed by atoms with Gasteiger partial charge in [-0.1, -0.05) is 0 Å². The molecule has 0 aromatic heterocycles. The summed E-state index contributed by atoms with van der Waals surface area (Å²) < 4.78 is 182. The Kier molecular flexibility index (Phi) is 11.0. The molecule has 6 nitrogen and oxygen atoms in total. The van der Waals surface area contributed by atoms with Crippen molar-refractivity contribution in [2.45, 2.75) is 55.8 Å². The van der Waals surface area contributed by atoms with Gasteiger partial charge in [-0.25, -0.2) is 26.3 Å². The SMILES string of the molecule is C[N+](C)(CCCNS(=O)(=O)CCC(F)(F)CC(CC(F)(C(F)(F)F)C(F)(F)F)C(F)(F)F)CC(=O)[O-]. The minimum Gasteiger partial charge on any atom is -0.544 e. The molecular weight excluding hydrogens is 556 g/mol. The average Bonchev–Trinajstić information content (AvgIpc) is 2.59. The number of nitrogens with zero attached hydrogens (tertiary/aromatic N) is 1. The van der Waals surface area contributed by atoms with Crippen molar-refractivity contribution in [1.82, 2.24) is 4.72 Å². The molecule has 0 bridgehead atoms. The number of hydrogen-bond donors (Lipinski definition) is 1. The van der Waals surface area contributed by atoms with Crippen molar-refractivity contribution in [3.05, 3.63) is 0 Å². The number of aliphatic carboxylic acids is 1. The maximum absolute atomic E-state index is 14.0. The summed E-state index contributed by atoms with van der Waals surface area (Å²) in [4.78, 5) is 10.6. The first-order chi connectivity index (χ1) is 15.6. The van der Waals surface area contributed by atoms with Crippen LogP contribution in [0.5, 0.6) is 0 Å². The molecule has 0 amide bonds. The first-order valence-electron chi connectivity index (χ1n) is 9.90. The number of carbonyl (C=O) groups excluding carboxylic acids is 1. The van der Waals surface area contributed by atoms with Crippen LogP contribution in [0, 0.1) is 5.92 Å². The number of carboxylic acid groups (broad SMARTS) is 1. The molecule has 0 aliphatic heterocycles. The quantitative estimate of drug-likeness (QED) is 0.195. The van der Waals surface area contributed by atoms with E-state index in [0.717, 1.165) is 0 Å². The van der Waals surface area contributed by atoms with Crippen molar-refractivity contribution < 1.29 is 75.5 Å². The molecule has 0 aliphatic rings. The number of carboxylic acids is 1. The Bertz CT molecular complexity index is 824. The Morgan fingerprint density at radius 1 is 0.889 bits per heavy atom. The maximum atomic E-state index is 14.0. The predicted molar refractivity (Wildman–Crippen MR) is 97.5 cm³/mol.